The summed E-state index contributed by atoms with van der Waals surface area (Å²) in [6, 6.07) is 17.7. The van der Waals surface area contributed by atoms with E-state index in [1.54, 1.807) is 0 Å². The van der Waals surface area contributed by atoms with Gasteiger partial charge in [-0.05, 0) is 25.3 Å². The molecule has 0 radical (unpaired) electrons. The molecule has 0 heterocycles. The van der Waals surface area contributed by atoms with Gasteiger partial charge in [-0.2, -0.15) is 0 Å². The first kappa shape index (κ1) is 16.9. The number of hydrogen-bond donors (Lipinski definition) is 1. The molecule has 2 rings (SSSR count). The average molecular weight is 309 g/mol. The van der Waals surface area contributed by atoms with Gasteiger partial charge in [0.1, 0.15) is 0 Å². The lowest BCUT2D eigenvalue weighted by atomic mass is 10.0. The fraction of sp³-hybridized carbons (Fsp3) is 0.300. The van der Waals surface area contributed by atoms with E-state index >= 15 is 0 Å². The lowest BCUT2D eigenvalue weighted by molar-refractivity contribution is -0.121. The summed E-state index contributed by atoms with van der Waals surface area (Å²) in [6.07, 6.45) is 2.36. The molecular weight excluding hydrogens is 286 g/mol. The summed E-state index contributed by atoms with van der Waals surface area (Å²) in [5.41, 5.74) is 3.07. The highest BCUT2D eigenvalue weighted by atomic mass is 16.2. The number of carbonyl (C=O) groups excluding carboxylic acids is 2. The first-order chi connectivity index (χ1) is 11.1. The Hall–Kier alpha value is -2.42. The predicted octanol–water partition coefficient (Wildman–Crippen LogP) is 3.71. The molecule has 2 aromatic rings. The van der Waals surface area contributed by atoms with Crippen molar-refractivity contribution in [3.63, 3.8) is 0 Å². The van der Waals surface area contributed by atoms with Crippen molar-refractivity contribution < 1.29 is 9.59 Å². The Labute approximate surface area is 137 Å². The van der Waals surface area contributed by atoms with E-state index in [1.165, 1.54) is 5.56 Å². The largest absolute Gasteiger partial charge is 0.356 e. The maximum absolute atomic E-state index is 12.0. The Morgan fingerprint density at radius 2 is 1.61 bits per heavy atom. The molecule has 2 aromatic carbocycles. The van der Waals surface area contributed by atoms with Crippen LogP contribution in [0, 0.1) is 6.92 Å². The molecule has 3 heteroatoms. The summed E-state index contributed by atoms with van der Waals surface area (Å²) in [6.45, 7) is 2.63. The smallest absolute Gasteiger partial charge is 0.220 e. The third-order valence-corrected chi connectivity index (χ3v) is 3.76. The van der Waals surface area contributed by atoms with Crippen LogP contribution in [0.15, 0.2) is 54.6 Å². The second kappa shape index (κ2) is 8.89. The van der Waals surface area contributed by atoms with Gasteiger partial charge in [-0.15, -0.1) is 0 Å². The number of hydrogen-bond acceptors (Lipinski definition) is 2. The van der Waals surface area contributed by atoms with Gasteiger partial charge in [0.2, 0.25) is 5.91 Å². The van der Waals surface area contributed by atoms with Crippen LogP contribution >= 0.6 is 0 Å². The molecule has 0 atom stereocenters. The molecule has 1 N–H and O–H groups in total. The van der Waals surface area contributed by atoms with Crippen LogP contribution in [0.25, 0.3) is 0 Å². The number of nitrogens with one attached hydrogen (secondary N) is 1. The Morgan fingerprint density at radius 1 is 0.913 bits per heavy atom. The molecule has 0 aliphatic rings. The van der Waals surface area contributed by atoms with E-state index in [0.29, 0.717) is 12.1 Å². The van der Waals surface area contributed by atoms with Crippen molar-refractivity contribution in [1.82, 2.24) is 5.32 Å². The fourth-order valence-corrected chi connectivity index (χ4v) is 2.36. The molecular formula is C20H23NO2. The van der Waals surface area contributed by atoms with E-state index < -0.39 is 0 Å². The molecule has 23 heavy (non-hydrogen) atoms. The lowest BCUT2D eigenvalue weighted by Gasteiger charge is -2.05. The van der Waals surface area contributed by atoms with Gasteiger partial charge in [0, 0.05) is 24.9 Å². The minimum atomic E-state index is -0.0569. The van der Waals surface area contributed by atoms with Crippen LogP contribution in [0.2, 0.25) is 0 Å². The maximum Gasteiger partial charge on any atom is 0.220 e. The van der Waals surface area contributed by atoms with E-state index in [-0.39, 0.29) is 24.5 Å². The summed E-state index contributed by atoms with van der Waals surface area (Å²) < 4.78 is 0. The van der Waals surface area contributed by atoms with Crippen molar-refractivity contribution in [3.8, 4) is 0 Å². The standard InChI is InChI=1S/C20H23NO2/c1-16-9-11-18(12-10-16)19(22)13-14-20(23)21-15-5-8-17-6-3-2-4-7-17/h2-4,6-7,9-12H,5,8,13-15H2,1H3,(H,21,23). The third kappa shape index (κ3) is 6.07. The molecule has 3 nitrogen and oxygen atoms in total. The fourth-order valence-electron chi connectivity index (χ4n) is 2.36. The molecule has 120 valence electrons. The predicted molar refractivity (Wildman–Crippen MR) is 92.5 cm³/mol. The number of aryl methyl sites for hydroxylation is 2. The molecule has 0 saturated heterocycles. The van der Waals surface area contributed by atoms with Gasteiger partial charge in [0.25, 0.3) is 0 Å². The van der Waals surface area contributed by atoms with Crippen LogP contribution in [0.1, 0.15) is 40.7 Å². The topological polar surface area (TPSA) is 46.2 Å². The molecule has 0 unspecified atom stereocenters. The molecule has 0 saturated carbocycles. The number of carbonyl (C=O) groups is 2. The monoisotopic (exact) mass is 309 g/mol. The minimum absolute atomic E-state index is 0.0180. The van der Waals surface area contributed by atoms with Gasteiger partial charge >= 0.3 is 0 Å². The van der Waals surface area contributed by atoms with Crippen LogP contribution < -0.4 is 5.32 Å². The van der Waals surface area contributed by atoms with Crippen LogP contribution in [-0.4, -0.2) is 18.2 Å². The zero-order valence-corrected chi connectivity index (χ0v) is 13.5. The zero-order valence-electron chi connectivity index (χ0n) is 13.5. The van der Waals surface area contributed by atoms with E-state index in [4.69, 9.17) is 0 Å². The average Bonchev–Trinajstić information content (AvgIpc) is 2.58. The van der Waals surface area contributed by atoms with Crippen LogP contribution in [0.4, 0.5) is 0 Å². The highest BCUT2D eigenvalue weighted by molar-refractivity contribution is 5.97. The van der Waals surface area contributed by atoms with Gasteiger partial charge in [0.05, 0.1) is 0 Å². The number of rotatable bonds is 8. The van der Waals surface area contributed by atoms with Crippen molar-refractivity contribution in [2.45, 2.75) is 32.6 Å². The highest BCUT2D eigenvalue weighted by Gasteiger charge is 2.08. The Bertz CT molecular complexity index is 632. The maximum atomic E-state index is 12.0. The first-order valence-corrected chi connectivity index (χ1v) is 8.05. The molecule has 0 fully saturated rings. The number of ketones is 1. The number of Topliss-reactive ketones (excluding diaryl/α,β-unsaturated/α-hetero) is 1. The molecule has 1 amide bonds. The van der Waals surface area contributed by atoms with Gasteiger partial charge < -0.3 is 5.32 Å². The number of amides is 1. The van der Waals surface area contributed by atoms with Crippen molar-refractivity contribution >= 4 is 11.7 Å². The normalized spacial score (nSPS) is 10.3. The Balaban J connectivity index is 1.63. The third-order valence-electron chi connectivity index (χ3n) is 3.76. The van der Waals surface area contributed by atoms with E-state index in [9.17, 15) is 9.59 Å². The summed E-state index contributed by atoms with van der Waals surface area (Å²) in [5, 5.41) is 2.88. The quantitative estimate of drug-likeness (QED) is 0.597. The molecule has 0 bridgehead atoms. The Kier molecular flexibility index (Phi) is 6.55. The summed E-state index contributed by atoms with van der Waals surface area (Å²) in [5.74, 6) is -0.0389. The number of benzene rings is 2. The van der Waals surface area contributed by atoms with E-state index in [2.05, 4.69) is 17.4 Å². The van der Waals surface area contributed by atoms with Crippen LogP contribution in [0.3, 0.4) is 0 Å². The van der Waals surface area contributed by atoms with Gasteiger partial charge in [-0.25, -0.2) is 0 Å². The molecule has 0 aliphatic heterocycles. The van der Waals surface area contributed by atoms with E-state index in [0.717, 1.165) is 18.4 Å². The van der Waals surface area contributed by atoms with Crippen LogP contribution in [0.5, 0.6) is 0 Å². The lowest BCUT2D eigenvalue weighted by Crippen LogP contribution is -2.25. The molecule has 0 aliphatic carbocycles. The van der Waals surface area contributed by atoms with Crippen molar-refractivity contribution in [3.05, 3.63) is 71.3 Å². The molecule has 0 aromatic heterocycles. The summed E-state index contributed by atoms with van der Waals surface area (Å²) in [4.78, 5) is 23.8. The summed E-state index contributed by atoms with van der Waals surface area (Å²) in [7, 11) is 0. The van der Waals surface area contributed by atoms with Gasteiger partial charge in [-0.1, -0.05) is 60.2 Å². The minimum Gasteiger partial charge on any atom is -0.356 e. The summed E-state index contributed by atoms with van der Waals surface area (Å²) >= 11 is 0. The second-order valence-electron chi connectivity index (χ2n) is 5.73. The molecule has 0 spiro atoms. The zero-order chi connectivity index (χ0) is 16.5. The van der Waals surface area contributed by atoms with Gasteiger partial charge in [-0.3, -0.25) is 9.59 Å². The van der Waals surface area contributed by atoms with Gasteiger partial charge in [0.15, 0.2) is 5.78 Å². The highest BCUT2D eigenvalue weighted by Crippen LogP contribution is 2.07. The van der Waals surface area contributed by atoms with Crippen LogP contribution in [-0.2, 0) is 11.2 Å². The van der Waals surface area contributed by atoms with Crippen molar-refractivity contribution in [2.24, 2.45) is 0 Å². The van der Waals surface area contributed by atoms with E-state index in [1.807, 2.05) is 49.4 Å². The first-order valence-electron chi connectivity index (χ1n) is 8.05. The SMILES string of the molecule is Cc1ccc(C(=O)CCC(=O)NCCCc2ccccc2)cc1. The van der Waals surface area contributed by atoms with Crippen molar-refractivity contribution in [1.29, 1.82) is 0 Å². The van der Waals surface area contributed by atoms with Crippen molar-refractivity contribution in [2.75, 3.05) is 6.54 Å². The second-order valence-corrected chi connectivity index (χ2v) is 5.73. The Morgan fingerprint density at radius 3 is 2.30 bits per heavy atom.